The zero-order valence-corrected chi connectivity index (χ0v) is 19.2. The maximum Gasteiger partial charge on any atom is 0.328 e. The van der Waals surface area contributed by atoms with Gasteiger partial charge in [0.1, 0.15) is 4.70 Å². The van der Waals surface area contributed by atoms with Crippen molar-refractivity contribution in [2.75, 3.05) is 0 Å². The van der Waals surface area contributed by atoms with Crippen LogP contribution >= 0.6 is 11.3 Å². The standard InChI is InChI=1S/C26H27N3O3S/c30-23(28(18-20-10-4-1-5-11-20)19-21-12-6-2-7-13-21)14-8-3-9-16-29-25(31)24-22(15-17-33-24)27-26(29)32/h1-2,4-7,10-13,15,17H,3,8-9,14,16,18-19H2,(H,27,32). The average Bonchev–Trinajstić information content (AvgIpc) is 3.30. The lowest BCUT2D eigenvalue weighted by Gasteiger charge is -2.23. The van der Waals surface area contributed by atoms with Crippen LogP contribution in [-0.4, -0.2) is 20.4 Å². The number of rotatable bonds is 10. The monoisotopic (exact) mass is 461 g/mol. The first-order valence-corrected chi connectivity index (χ1v) is 12.1. The van der Waals surface area contributed by atoms with E-state index < -0.39 is 0 Å². The Morgan fingerprint density at radius 1 is 0.848 bits per heavy atom. The van der Waals surface area contributed by atoms with E-state index in [1.54, 1.807) is 11.4 Å². The molecule has 0 spiro atoms. The number of aromatic nitrogens is 2. The number of nitrogens with one attached hydrogen (secondary N) is 1. The van der Waals surface area contributed by atoms with Crippen LogP contribution in [0.5, 0.6) is 0 Å². The minimum atomic E-state index is -0.376. The van der Waals surface area contributed by atoms with Crippen molar-refractivity contribution in [1.29, 1.82) is 0 Å². The van der Waals surface area contributed by atoms with Gasteiger partial charge in [-0.05, 0) is 35.4 Å². The van der Waals surface area contributed by atoms with Crippen LogP contribution in [0.15, 0.2) is 81.7 Å². The topological polar surface area (TPSA) is 75.2 Å². The summed E-state index contributed by atoms with van der Waals surface area (Å²) in [6.07, 6.45) is 2.59. The van der Waals surface area contributed by atoms with E-state index in [-0.39, 0.29) is 17.2 Å². The van der Waals surface area contributed by atoms with Crippen molar-refractivity contribution >= 4 is 27.5 Å². The second-order valence-electron chi connectivity index (χ2n) is 8.08. The number of aromatic amines is 1. The van der Waals surface area contributed by atoms with Gasteiger partial charge in [0.2, 0.25) is 5.91 Å². The molecule has 0 aliphatic rings. The minimum absolute atomic E-state index is 0.109. The Morgan fingerprint density at radius 2 is 1.48 bits per heavy atom. The molecule has 33 heavy (non-hydrogen) atoms. The zero-order chi connectivity index (χ0) is 23.0. The molecule has 0 fully saturated rings. The van der Waals surface area contributed by atoms with Gasteiger partial charge in [0.25, 0.3) is 5.56 Å². The molecule has 4 aromatic rings. The molecule has 6 nitrogen and oxygen atoms in total. The molecule has 0 radical (unpaired) electrons. The molecule has 2 aromatic heterocycles. The number of carbonyl (C=O) groups is 1. The molecule has 4 rings (SSSR count). The molecule has 2 heterocycles. The van der Waals surface area contributed by atoms with Crippen molar-refractivity contribution < 1.29 is 4.79 Å². The van der Waals surface area contributed by atoms with Crippen LogP contribution in [0.4, 0.5) is 0 Å². The molecule has 7 heteroatoms. The van der Waals surface area contributed by atoms with E-state index in [0.717, 1.165) is 17.5 Å². The summed E-state index contributed by atoms with van der Waals surface area (Å²) in [5.41, 5.74) is 2.18. The Kier molecular flexibility index (Phi) is 7.52. The lowest BCUT2D eigenvalue weighted by Crippen LogP contribution is -2.34. The van der Waals surface area contributed by atoms with E-state index in [2.05, 4.69) is 4.98 Å². The van der Waals surface area contributed by atoms with Gasteiger partial charge in [0.05, 0.1) is 5.52 Å². The highest BCUT2D eigenvalue weighted by atomic mass is 32.1. The number of carbonyl (C=O) groups excluding carboxylic acids is 1. The van der Waals surface area contributed by atoms with Gasteiger partial charge in [-0.15, -0.1) is 11.3 Å². The summed E-state index contributed by atoms with van der Waals surface area (Å²) >= 11 is 1.34. The molecule has 170 valence electrons. The van der Waals surface area contributed by atoms with E-state index >= 15 is 0 Å². The number of nitrogens with zero attached hydrogens (tertiary/aromatic N) is 2. The maximum absolute atomic E-state index is 13.0. The summed E-state index contributed by atoms with van der Waals surface area (Å²) in [7, 11) is 0. The number of hydrogen-bond acceptors (Lipinski definition) is 4. The second-order valence-corrected chi connectivity index (χ2v) is 9.00. The molecular weight excluding hydrogens is 434 g/mol. The molecule has 0 saturated heterocycles. The number of benzene rings is 2. The van der Waals surface area contributed by atoms with Crippen LogP contribution < -0.4 is 11.2 Å². The molecule has 1 amide bonds. The molecule has 0 saturated carbocycles. The Bertz CT molecular complexity index is 1270. The number of hydrogen-bond donors (Lipinski definition) is 1. The number of H-pyrrole nitrogens is 1. The van der Waals surface area contributed by atoms with Crippen molar-refractivity contribution in [3.8, 4) is 0 Å². The van der Waals surface area contributed by atoms with Crippen molar-refractivity contribution in [3.05, 3.63) is 104 Å². The van der Waals surface area contributed by atoms with Crippen LogP contribution in [0.3, 0.4) is 0 Å². The predicted octanol–water partition coefficient (Wildman–Crippen LogP) is 4.54. The number of amides is 1. The maximum atomic E-state index is 13.0. The molecule has 1 N–H and O–H groups in total. The molecule has 0 unspecified atom stereocenters. The Morgan fingerprint density at radius 3 is 2.12 bits per heavy atom. The molecule has 0 atom stereocenters. The van der Waals surface area contributed by atoms with E-state index in [9.17, 15) is 14.4 Å². The van der Waals surface area contributed by atoms with Crippen LogP contribution in [0.25, 0.3) is 10.2 Å². The van der Waals surface area contributed by atoms with Gasteiger partial charge in [0.15, 0.2) is 0 Å². The third kappa shape index (κ3) is 5.87. The first-order chi connectivity index (χ1) is 16.1. The average molecular weight is 462 g/mol. The largest absolute Gasteiger partial charge is 0.334 e. The van der Waals surface area contributed by atoms with Crippen LogP contribution in [0, 0.1) is 0 Å². The third-order valence-corrected chi connectivity index (χ3v) is 6.55. The van der Waals surface area contributed by atoms with Crippen molar-refractivity contribution in [3.63, 3.8) is 0 Å². The molecule has 0 aliphatic heterocycles. The normalized spacial score (nSPS) is 11.0. The summed E-state index contributed by atoms with van der Waals surface area (Å²) in [4.78, 5) is 42.4. The molecular formula is C26H27N3O3S. The molecule has 2 aromatic carbocycles. The summed E-state index contributed by atoms with van der Waals surface area (Å²) in [6, 6.07) is 21.8. The van der Waals surface area contributed by atoms with E-state index in [1.807, 2.05) is 65.6 Å². The van der Waals surface area contributed by atoms with Crippen LogP contribution in [0.2, 0.25) is 0 Å². The van der Waals surface area contributed by atoms with Crippen molar-refractivity contribution in [2.24, 2.45) is 0 Å². The van der Waals surface area contributed by atoms with E-state index in [1.165, 1.54) is 15.9 Å². The third-order valence-electron chi connectivity index (χ3n) is 5.65. The van der Waals surface area contributed by atoms with Gasteiger partial charge < -0.3 is 9.88 Å². The van der Waals surface area contributed by atoms with E-state index in [0.29, 0.717) is 49.1 Å². The zero-order valence-electron chi connectivity index (χ0n) is 18.4. The van der Waals surface area contributed by atoms with Gasteiger partial charge in [-0.2, -0.15) is 0 Å². The molecule has 0 aliphatic carbocycles. The number of fused-ring (bicyclic) bond motifs is 1. The quantitative estimate of drug-likeness (QED) is 0.352. The summed E-state index contributed by atoms with van der Waals surface area (Å²) in [6.45, 7) is 1.49. The predicted molar refractivity (Wildman–Crippen MR) is 132 cm³/mol. The summed E-state index contributed by atoms with van der Waals surface area (Å²) in [5, 5.41) is 1.80. The second kappa shape index (κ2) is 10.9. The Labute approximate surface area is 196 Å². The van der Waals surface area contributed by atoms with Gasteiger partial charge >= 0.3 is 5.69 Å². The summed E-state index contributed by atoms with van der Waals surface area (Å²) in [5.74, 6) is 0.109. The first-order valence-electron chi connectivity index (χ1n) is 11.2. The highest BCUT2D eigenvalue weighted by Gasteiger charge is 2.15. The van der Waals surface area contributed by atoms with Crippen molar-refractivity contribution in [1.82, 2.24) is 14.5 Å². The minimum Gasteiger partial charge on any atom is -0.334 e. The van der Waals surface area contributed by atoms with Gasteiger partial charge in [-0.1, -0.05) is 67.1 Å². The van der Waals surface area contributed by atoms with Gasteiger partial charge in [0, 0.05) is 26.1 Å². The highest BCUT2D eigenvalue weighted by Crippen LogP contribution is 2.14. The smallest absolute Gasteiger partial charge is 0.328 e. The van der Waals surface area contributed by atoms with Gasteiger partial charge in [-0.25, -0.2) is 4.79 Å². The lowest BCUT2D eigenvalue weighted by molar-refractivity contribution is -0.132. The fraction of sp³-hybridized carbons (Fsp3) is 0.269. The highest BCUT2D eigenvalue weighted by molar-refractivity contribution is 7.17. The lowest BCUT2D eigenvalue weighted by atomic mass is 10.1. The van der Waals surface area contributed by atoms with E-state index in [4.69, 9.17) is 0 Å². The first kappa shape index (κ1) is 22.7. The molecule has 0 bridgehead atoms. The fourth-order valence-electron chi connectivity index (χ4n) is 3.89. The number of unbranched alkanes of at least 4 members (excludes halogenated alkanes) is 2. The number of thiophene rings is 1. The van der Waals surface area contributed by atoms with Gasteiger partial charge in [-0.3, -0.25) is 14.2 Å². The Hall–Kier alpha value is -3.45. The summed E-state index contributed by atoms with van der Waals surface area (Å²) < 4.78 is 1.83. The fourth-order valence-corrected chi connectivity index (χ4v) is 4.69. The Balaban J connectivity index is 1.32. The van der Waals surface area contributed by atoms with Crippen LogP contribution in [0.1, 0.15) is 36.8 Å². The van der Waals surface area contributed by atoms with Crippen molar-refractivity contribution in [2.45, 2.75) is 45.3 Å². The SMILES string of the molecule is O=C(CCCCCn1c(=O)[nH]c2ccsc2c1=O)N(Cc1ccccc1)Cc1ccccc1. The van der Waals surface area contributed by atoms with Crippen LogP contribution in [-0.2, 0) is 24.4 Å².